The topological polar surface area (TPSA) is 94.1 Å². The molecule has 1 fully saturated rings. The number of ether oxygens (including phenoxy) is 2. The van der Waals surface area contributed by atoms with Crippen LogP contribution in [0.15, 0.2) is 23.1 Å². The zero-order chi connectivity index (χ0) is 17.7. The Labute approximate surface area is 149 Å². The minimum Gasteiger partial charge on any atom is -0.493 e. The van der Waals surface area contributed by atoms with E-state index in [1.54, 1.807) is 10.8 Å². The standard InChI is InChI=1S/C18H19N5O3/c1-10-6-15-11(2-5-26-15)7-13(10)20-17-19-8-14-16(22-17)23(18(24)21-14)12-3-4-25-9-12/h6-8,12H,2-5,9H2,1H3,(H,21,24)(H,19,20,22). The summed E-state index contributed by atoms with van der Waals surface area (Å²) in [6.07, 6.45) is 3.36. The molecule has 0 radical (unpaired) electrons. The zero-order valence-electron chi connectivity index (χ0n) is 14.4. The Morgan fingerprint density at radius 3 is 3.12 bits per heavy atom. The normalized spacial score (nSPS) is 18.9. The molecule has 8 heteroatoms. The number of rotatable bonds is 3. The summed E-state index contributed by atoms with van der Waals surface area (Å²) >= 11 is 0. The average molecular weight is 353 g/mol. The van der Waals surface area contributed by atoms with Gasteiger partial charge in [-0.1, -0.05) is 0 Å². The van der Waals surface area contributed by atoms with Crippen LogP contribution in [0.3, 0.4) is 0 Å². The number of aromatic nitrogens is 4. The summed E-state index contributed by atoms with van der Waals surface area (Å²) in [5, 5.41) is 3.28. The van der Waals surface area contributed by atoms with E-state index < -0.39 is 0 Å². The molecule has 0 amide bonds. The van der Waals surface area contributed by atoms with Crippen molar-refractivity contribution in [3.05, 3.63) is 39.9 Å². The van der Waals surface area contributed by atoms with Crippen molar-refractivity contribution in [1.82, 2.24) is 19.5 Å². The Kier molecular flexibility index (Phi) is 3.46. The van der Waals surface area contributed by atoms with Gasteiger partial charge < -0.3 is 19.8 Å². The molecule has 1 saturated heterocycles. The fourth-order valence-electron chi connectivity index (χ4n) is 3.62. The summed E-state index contributed by atoms with van der Waals surface area (Å²) in [5.41, 5.74) is 4.25. The number of anilines is 2. The van der Waals surface area contributed by atoms with Crippen molar-refractivity contribution in [3.63, 3.8) is 0 Å². The molecule has 0 aliphatic carbocycles. The van der Waals surface area contributed by atoms with E-state index in [0.29, 0.717) is 30.3 Å². The van der Waals surface area contributed by atoms with E-state index in [4.69, 9.17) is 9.47 Å². The minimum absolute atomic E-state index is 0.0119. The van der Waals surface area contributed by atoms with Crippen molar-refractivity contribution >= 4 is 22.8 Å². The van der Waals surface area contributed by atoms with Gasteiger partial charge in [0.2, 0.25) is 5.95 Å². The number of hydrogen-bond acceptors (Lipinski definition) is 6. The fourth-order valence-corrected chi connectivity index (χ4v) is 3.62. The van der Waals surface area contributed by atoms with Gasteiger partial charge in [-0.3, -0.25) is 4.57 Å². The molecule has 2 N–H and O–H groups in total. The number of nitrogens with one attached hydrogen (secondary N) is 2. The lowest BCUT2D eigenvalue weighted by atomic mass is 10.1. The highest BCUT2D eigenvalue weighted by molar-refractivity contribution is 5.72. The smallest absolute Gasteiger partial charge is 0.328 e. The first-order chi connectivity index (χ1) is 12.7. The third-order valence-corrected chi connectivity index (χ3v) is 5.01. The SMILES string of the molecule is Cc1cc2c(cc1Nc1ncc3[nH]c(=O)n(C4CCOC4)c3n1)CCO2. The van der Waals surface area contributed by atoms with Gasteiger partial charge in [-0.2, -0.15) is 4.98 Å². The fraction of sp³-hybridized carbons (Fsp3) is 0.389. The second-order valence-electron chi connectivity index (χ2n) is 6.75. The maximum absolute atomic E-state index is 12.3. The highest BCUT2D eigenvalue weighted by Crippen LogP contribution is 2.32. The van der Waals surface area contributed by atoms with Crippen molar-refractivity contribution in [3.8, 4) is 5.75 Å². The van der Waals surface area contributed by atoms with Gasteiger partial charge in [0.25, 0.3) is 0 Å². The number of imidazole rings is 1. The zero-order valence-corrected chi connectivity index (χ0v) is 14.4. The van der Waals surface area contributed by atoms with E-state index in [1.807, 2.05) is 13.0 Å². The van der Waals surface area contributed by atoms with Crippen LogP contribution in [0.4, 0.5) is 11.6 Å². The first-order valence-electron chi connectivity index (χ1n) is 8.77. The maximum Gasteiger partial charge on any atom is 0.328 e. The van der Waals surface area contributed by atoms with E-state index in [9.17, 15) is 4.79 Å². The van der Waals surface area contributed by atoms with E-state index in [0.717, 1.165) is 36.4 Å². The van der Waals surface area contributed by atoms with Gasteiger partial charge in [0.05, 0.1) is 25.5 Å². The van der Waals surface area contributed by atoms with Crippen LogP contribution >= 0.6 is 0 Å². The average Bonchev–Trinajstić information content (AvgIpc) is 3.34. The number of aromatic amines is 1. The number of H-pyrrole nitrogens is 1. The predicted molar refractivity (Wildman–Crippen MR) is 96.3 cm³/mol. The third kappa shape index (κ3) is 2.45. The monoisotopic (exact) mass is 353 g/mol. The van der Waals surface area contributed by atoms with Crippen LogP contribution < -0.4 is 15.7 Å². The molecule has 2 aromatic heterocycles. The Hall–Kier alpha value is -2.87. The molecule has 134 valence electrons. The first-order valence-corrected chi connectivity index (χ1v) is 8.77. The molecule has 1 atom stereocenters. The summed E-state index contributed by atoms with van der Waals surface area (Å²) in [5.74, 6) is 1.41. The lowest BCUT2D eigenvalue weighted by Crippen LogP contribution is -2.22. The minimum atomic E-state index is -0.173. The van der Waals surface area contributed by atoms with E-state index in [1.165, 1.54) is 5.56 Å². The summed E-state index contributed by atoms with van der Waals surface area (Å²) in [4.78, 5) is 24.1. The number of aryl methyl sites for hydroxylation is 1. The summed E-state index contributed by atoms with van der Waals surface area (Å²) in [6.45, 7) is 3.94. The van der Waals surface area contributed by atoms with Gasteiger partial charge in [-0.05, 0) is 36.6 Å². The molecule has 1 unspecified atom stereocenters. The van der Waals surface area contributed by atoms with Crippen molar-refractivity contribution in [1.29, 1.82) is 0 Å². The highest BCUT2D eigenvalue weighted by Gasteiger charge is 2.23. The predicted octanol–water partition coefficient (Wildman–Crippen LogP) is 2.07. The van der Waals surface area contributed by atoms with Crippen molar-refractivity contribution < 1.29 is 9.47 Å². The van der Waals surface area contributed by atoms with Gasteiger partial charge in [-0.15, -0.1) is 0 Å². The Bertz CT molecular complexity index is 1050. The van der Waals surface area contributed by atoms with Gasteiger partial charge in [0, 0.05) is 18.7 Å². The van der Waals surface area contributed by atoms with Crippen LogP contribution in [0.25, 0.3) is 11.2 Å². The molecular formula is C18H19N5O3. The van der Waals surface area contributed by atoms with E-state index in [2.05, 4.69) is 26.3 Å². The van der Waals surface area contributed by atoms with Crippen LogP contribution in [0, 0.1) is 6.92 Å². The molecule has 3 aromatic rings. The molecular weight excluding hydrogens is 334 g/mol. The molecule has 1 aromatic carbocycles. The molecule has 26 heavy (non-hydrogen) atoms. The highest BCUT2D eigenvalue weighted by atomic mass is 16.5. The van der Waals surface area contributed by atoms with Crippen molar-refractivity contribution in [2.45, 2.75) is 25.8 Å². The Morgan fingerprint density at radius 1 is 1.35 bits per heavy atom. The number of nitrogens with zero attached hydrogens (tertiary/aromatic N) is 3. The summed E-state index contributed by atoms with van der Waals surface area (Å²) in [7, 11) is 0. The number of benzene rings is 1. The van der Waals surface area contributed by atoms with Gasteiger partial charge in [0.1, 0.15) is 11.3 Å². The van der Waals surface area contributed by atoms with Crippen molar-refractivity contribution in [2.75, 3.05) is 25.1 Å². The van der Waals surface area contributed by atoms with Crippen LogP contribution in [-0.2, 0) is 11.2 Å². The second kappa shape index (κ2) is 5.84. The molecule has 4 heterocycles. The lowest BCUT2D eigenvalue weighted by Gasteiger charge is -2.12. The van der Waals surface area contributed by atoms with Gasteiger partial charge in [-0.25, -0.2) is 9.78 Å². The van der Waals surface area contributed by atoms with Crippen molar-refractivity contribution in [2.24, 2.45) is 0 Å². The number of fused-ring (bicyclic) bond motifs is 2. The van der Waals surface area contributed by atoms with E-state index in [-0.39, 0.29) is 11.7 Å². The summed E-state index contributed by atoms with van der Waals surface area (Å²) < 4.78 is 12.7. The molecule has 0 bridgehead atoms. The lowest BCUT2D eigenvalue weighted by molar-refractivity contribution is 0.186. The van der Waals surface area contributed by atoms with Crippen LogP contribution in [0.2, 0.25) is 0 Å². The summed E-state index contributed by atoms with van der Waals surface area (Å²) in [6, 6.07) is 4.13. The molecule has 2 aliphatic heterocycles. The Balaban J connectivity index is 1.54. The first kappa shape index (κ1) is 15.4. The van der Waals surface area contributed by atoms with Gasteiger partial charge >= 0.3 is 5.69 Å². The van der Waals surface area contributed by atoms with E-state index >= 15 is 0 Å². The largest absolute Gasteiger partial charge is 0.493 e. The molecule has 0 spiro atoms. The van der Waals surface area contributed by atoms with Crippen LogP contribution in [-0.4, -0.2) is 39.3 Å². The van der Waals surface area contributed by atoms with Crippen LogP contribution in [0.1, 0.15) is 23.6 Å². The maximum atomic E-state index is 12.3. The molecule has 0 saturated carbocycles. The molecule has 8 nitrogen and oxygen atoms in total. The number of hydrogen-bond donors (Lipinski definition) is 2. The van der Waals surface area contributed by atoms with Crippen LogP contribution in [0.5, 0.6) is 5.75 Å². The Morgan fingerprint density at radius 2 is 2.27 bits per heavy atom. The molecule has 5 rings (SSSR count). The second-order valence-corrected chi connectivity index (χ2v) is 6.75. The quantitative estimate of drug-likeness (QED) is 0.749. The third-order valence-electron chi connectivity index (χ3n) is 5.01. The molecule has 2 aliphatic rings. The van der Waals surface area contributed by atoms with Gasteiger partial charge in [0.15, 0.2) is 5.65 Å².